The first-order valence-corrected chi connectivity index (χ1v) is 3.68. The van der Waals surface area contributed by atoms with Crippen LogP contribution in [0.15, 0.2) is 36.9 Å². The lowest BCUT2D eigenvalue weighted by Gasteiger charge is -2.09. The summed E-state index contributed by atoms with van der Waals surface area (Å²) in [6, 6.07) is 3.94. The van der Waals surface area contributed by atoms with Gasteiger partial charge in [-0.05, 0) is 24.8 Å². The van der Waals surface area contributed by atoms with Gasteiger partial charge in [0.05, 0.1) is 14.8 Å². The molecule has 0 unspecified atom stereocenters. The zero-order valence-electron chi connectivity index (χ0n) is 14.7. The Morgan fingerprint density at radius 2 is 2.15 bits per heavy atom. The van der Waals surface area contributed by atoms with Crippen LogP contribution < -0.4 is 0 Å². The normalized spacial score (nSPS) is 21.2. The number of aromatic nitrogens is 2. The minimum atomic E-state index is -2.55. The van der Waals surface area contributed by atoms with Gasteiger partial charge in [0.25, 0.3) is 0 Å². The smallest absolute Gasteiger partial charge is 0.0991 e. The first-order chi connectivity index (χ1) is 9.53. The van der Waals surface area contributed by atoms with E-state index in [1.807, 2.05) is 0 Å². The van der Waals surface area contributed by atoms with E-state index < -0.39 is 13.7 Å². The van der Waals surface area contributed by atoms with Crippen molar-refractivity contribution in [1.29, 1.82) is 0 Å². The predicted molar refractivity (Wildman–Crippen MR) is 53.0 cm³/mol. The van der Waals surface area contributed by atoms with E-state index in [4.69, 9.17) is 11.0 Å². The van der Waals surface area contributed by atoms with E-state index >= 15 is 0 Å². The Hall–Kier alpha value is -1.57. The molecule has 0 spiro atoms. The molecule has 0 bridgehead atoms. The molecule has 2 heteroatoms. The maximum absolute atomic E-state index is 7.76. The largest absolute Gasteiger partial charge is 0.306 e. The third kappa shape index (κ3) is 1.35. The lowest BCUT2D eigenvalue weighted by atomic mass is 10.1. The van der Waals surface area contributed by atoms with Crippen molar-refractivity contribution >= 4 is 0 Å². The van der Waals surface area contributed by atoms with Crippen molar-refractivity contribution in [2.75, 3.05) is 0 Å². The van der Waals surface area contributed by atoms with E-state index in [1.54, 1.807) is 0 Å². The molecule has 0 aliphatic rings. The predicted octanol–water partition coefficient (Wildman–Crippen LogP) is 2.49. The van der Waals surface area contributed by atoms with Crippen LogP contribution in [0.2, 0.25) is 0 Å². The van der Waals surface area contributed by atoms with Crippen LogP contribution in [-0.2, 0) is 0 Å². The molecule has 1 heterocycles. The van der Waals surface area contributed by atoms with Gasteiger partial charge >= 0.3 is 0 Å². The van der Waals surface area contributed by atoms with E-state index in [9.17, 15) is 0 Å². The maximum Gasteiger partial charge on any atom is 0.0991 e. The Morgan fingerprint density at radius 3 is 2.69 bits per heavy atom. The molecule has 2 nitrogen and oxygen atoms in total. The minimum absolute atomic E-state index is 0.131. The Kier molecular flexibility index (Phi) is 0.700. The fourth-order valence-corrected chi connectivity index (χ4v) is 1.11. The Balaban J connectivity index is 2.86. The summed E-state index contributed by atoms with van der Waals surface area (Å²) in [4.78, 5) is 3.61. The summed E-state index contributed by atoms with van der Waals surface area (Å²) in [6.07, 6.45) is 0.369. The molecule has 0 atom stereocenters. The number of hydrogen-bond acceptors (Lipinski definition) is 1. The van der Waals surface area contributed by atoms with Crippen LogP contribution in [0.1, 0.15) is 22.1 Å². The molecule has 2 aromatic rings. The fourth-order valence-electron chi connectivity index (χ4n) is 1.11. The van der Waals surface area contributed by atoms with Crippen molar-refractivity contribution < 1.29 is 11.0 Å². The van der Waals surface area contributed by atoms with Gasteiger partial charge in [0.2, 0.25) is 0 Å². The van der Waals surface area contributed by atoms with Crippen LogP contribution in [-0.4, -0.2) is 9.55 Å². The monoisotopic (exact) mass is 180 g/mol. The summed E-state index contributed by atoms with van der Waals surface area (Å²) in [5.74, 6) is 0. The van der Waals surface area contributed by atoms with Crippen LogP contribution in [0.3, 0.4) is 0 Å². The Labute approximate surface area is 89.1 Å². The summed E-state index contributed by atoms with van der Waals surface area (Å²) >= 11 is 0. The van der Waals surface area contributed by atoms with E-state index in [0.717, 1.165) is 10.9 Å². The third-order valence-corrected chi connectivity index (χ3v) is 1.69. The van der Waals surface area contributed by atoms with Crippen molar-refractivity contribution in [3.63, 3.8) is 0 Å². The molecule has 66 valence electrons. The fraction of sp³-hybridized carbons (Fsp3) is 0.182. The van der Waals surface area contributed by atoms with Crippen molar-refractivity contribution in [1.82, 2.24) is 9.55 Å². The molecular formula is C11H12N2. The van der Waals surface area contributed by atoms with Gasteiger partial charge in [0.1, 0.15) is 0 Å². The van der Waals surface area contributed by atoms with Crippen molar-refractivity contribution in [2.24, 2.45) is 0 Å². The van der Waals surface area contributed by atoms with Gasteiger partial charge in [0.15, 0.2) is 0 Å². The topological polar surface area (TPSA) is 17.8 Å². The second-order valence-corrected chi connectivity index (χ2v) is 2.54. The van der Waals surface area contributed by atoms with Crippen molar-refractivity contribution in [2.45, 2.75) is 13.7 Å². The van der Waals surface area contributed by atoms with Crippen LogP contribution in [0.4, 0.5) is 0 Å². The van der Waals surface area contributed by atoms with Gasteiger partial charge in [0, 0.05) is 20.6 Å². The summed E-state index contributed by atoms with van der Waals surface area (Å²) in [6.45, 7) is -5.09. The van der Waals surface area contributed by atoms with Gasteiger partial charge in [-0.25, -0.2) is 4.98 Å². The number of hydrogen-bond donors (Lipinski definition) is 0. The maximum atomic E-state index is 7.76. The number of aryl methyl sites for hydroxylation is 2. The van der Waals surface area contributed by atoms with Crippen LogP contribution in [0.25, 0.3) is 5.69 Å². The number of rotatable bonds is 1. The molecule has 13 heavy (non-hydrogen) atoms. The first kappa shape index (κ1) is 2.98. The van der Waals surface area contributed by atoms with E-state index in [1.165, 1.54) is 18.2 Å². The number of nitrogens with zero attached hydrogens (tertiary/aromatic N) is 2. The van der Waals surface area contributed by atoms with E-state index in [0.29, 0.717) is 0 Å². The highest BCUT2D eigenvalue weighted by atomic mass is 15.0. The SMILES string of the molecule is [2H]c1ncn(-c2c(C([2H])([2H])[2H])cccc2C([2H])([2H])[2H])c1[2H]. The molecule has 2 rings (SSSR count). The second kappa shape index (κ2) is 3.05. The zero-order chi connectivity index (χ0) is 16.0. The lowest BCUT2D eigenvalue weighted by molar-refractivity contribution is 1.02. The molecule has 0 fully saturated rings. The van der Waals surface area contributed by atoms with Gasteiger partial charge in [-0.15, -0.1) is 0 Å². The number of benzene rings is 1. The highest BCUT2D eigenvalue weighted by Crippen LogP contribution is 2.17. The molecule has 1 aromatic heterocycles. The van der Waals surface area contributed by atoms with Crippen LogP contribution in [0.5, 0.6) is 0 Å². The second-order valence-electron chi connectivity index (χ2n) is 2.54. The average molecular weight is 180 g/mol. The molecule has 0 N–H and O–H groups in total. The third-order valence-electron chi connectivity index (χ3n) is 1.69. The number of para-hydroxylation sites is 1. The molecule has 0 saturated carbocycles. The number of imidazole rings is 1. The molecular weight excluding hydrogens is 160 g/mol. The highest BCUT2D eigenvalue weighted by Gasteiger charge is 2.02. The molecule has 0 radical (unpaired) electrons. The first-order valence-electron chi connectivity index (χ1n) is 7.68. The quantitative estimate of drug-likeness (QED) is 0.659. The van der Waals surface area contributed by atoms with E-state index in [-0.39, 0.29) is 29.2 Å². The molecule has 0 saturated heterocycles. The van der Waals surface area contributed by atoms with Gasteiger partial charge in [-0.1, -0.05) is 18.2 Å². The van der Waals surface area contributed by atoms with Crippen LogP contribution >= 0.6 is 0 Å². The van der Waals surface area contributed by atoms with E-state index in [2.05, 4.69) is 4.98 Å². The zero-order valence-corrected chi connectivity index (χ0v) is 6.70. The molecule has 1 aromatic carbocycles. The van der Waals surface area contributed by atoms with Crippen molar-refractivity contribution in [3.8, 4) is 5.69 Å². The minimum Gasteiger partial charge on any atom is -0.306 e. The Bertz CT molecular complexity index is 636. The Morgan fingerprint density at radius 1 is 1.38 bits per heavy atom. The van der Waals surface area contributed by atoms with Gasteiger partial charge in [-0.3, -0.25) is 0 Å². The summed E-state index contributed by atoms with van der Waals surface area (Å²) in [7, 11) is 0. The highest BCUT2D eigenvalue weighted by molar-refractivity contribution is 5.46. The summed E-state index contributed by atoms with van der Waals surface area (Å²) < 4.78 is 61.5. The standard InChI is InChI=1S/C11H12N2/c1-9-4-3-5-10(2)11(9)13-7-6-12-8-13/h3-8H,1-2H3/i1D3,2D3,6D,7D. The van der Waals surface area contributed by atoms with Gasteiger partial charge < -0.3 is 4.57 Å². The molecule has 0 aliphatic carbocycles. The van der Waals surface area contributed by atoms with Gasteiger partial charge in [-0.2, -0.15) is 0 Å². The average Bonchev–Trinajstić information content (AvgIpc) is 2.67. The molecule has 0 amide bonds. The van der Waals surface area contributed by atoms with Crippen LogP contribution in [0, 0.1) is 13.7 Å². The van der Waals surface area contributed by atoms with Crippen molar-refractivity contribution in [3.05, 3.63) is 48.0 Å². The lowest BCUT2D eigenvalue weighted by Crippen LogP contribution is -1.96. The summed E-state index contributed by atoms with van der Waals surface area (Å²) in [5, 5.41) is 0. The summed E-state index contributed by atoms with van der Waals surface area (Å²) in [5.41, 5.74) is -0.516. The molecule has 0 aliphatic heterocycles.